The lowest BCUT2D eigenvalue weighted by molar-refractivity contribution is 0.195. The van der Waals surface area contributed by atoms with Crippen LogP contribution >= 0.6 is 0 Å². The summed E-state index contributed by atoms with van der Waals surface area (Å²) in [5.74, 6) is 0.120. The molecule has 0 amide bonds. The zero-order valence-corrected chi connectivity index (χ0v) is 11.1. The third-order valence-corrected chi connectivity index (χ3v) is 3.07. The Hall–Kier alpha value is -2.07. The Morgan fingerprint density at radius 1 is 1.21 bits per heavy atom. The van der Waals surface area contributed by atoms with E-state index in [9.17, 15) is 10.2 Å². The molecule has 0 spiro atoms. The minimum absolute atomic E-state index is 0.120. The van der Waals surface area contributed by atoms with Crippen molar-refractivity contribution in [1.29, 1.82) is 0 Å². The van der Waals surface area contributed by atoms with Crippen molar-refractivity contribution in [2.24, 2.45) is 0 Å². The summed E-state index contributed by atoms with van der Waals surface area (Å²) in [4.78, 5) is 6.01. The van der Waals surface area contributed by atoms with Gasteiger partial charge in [-0.2, -0.15) is 0 Å². The van der Waals surface area contributed by atoms with E-state index in [4.69, 9.17) is 0 Å². The molecular weight excluding hydrogens is 240 g/mol. The molecule has 100 valence electrons. The predicted octanol–water partition coefficient (Wildman–Crippen LogP) is 2.48. The molecule has 0 aliphatic heterocycles. The lowest BCUT2D eigenvalue weighted by Crippen LogP contribution is -2.16. The number of aliphatic hydroxyl groups excluding tert-OH is 1. The maximum Gasteiger partial charge on any atom is 0.123 e. The second-order valence-electron chi connectivity index (χ2n) is 4.63. The molecule has 0 saturated carbocycles. The van der Waals surface area contributed by atoms with E-state index in [1.165, 1.54) is 0 Å². The van der Waals surface area contributed by atoms with Crippen molar-refractivity contribution in [2.45, 2.75) is 19.6 Å². The first-order valence-electron chi connectivity index (χ1n) is 6.19. The van der Waals surface area contributed by atoms with Crippen molar-refractivity contribution in [1.82, 2.24) is 4.98 Å². The highest BCUT2D eigenvalue weighted by Crippen LogP contribution is 2.29. The molecule has 0 bridgehead atoms. The van der Waals surface area contributed by atoms with E-state index in [2.05, 4.69) is 4.98 Å². The molecule has 1 aromatic heterocycles. The zero-order chi connectivity index (χ0) is 13.8. The molecule has 1 heterocycles. The normalized spacial score (nSPS) is 12.2. The number of anilines is 1. The van der Waals surface area contributed by atoms with Gasteiger partial charge in [-0.15, -0.1) is 0 Å². The lowest BCUT2D eigenvalue weighted by atomic mass is 10.1. The Balaban J connectivity index is 2.16. The molecule has 4 heteroatoms. The molecule has 0 saturated heterocycles. The van der Waals surface area contributed by atoms with Crippen LogP contribution in [0, 0.1) is 0 Å². The van der Waals surface area contributed by atoms with Crippen LogP contribution in [0.3, 0.4) is 0 Å². The second-order valence-corrected chi connectivity index (χ2v) is 4.63. The van der Waals surface area contributed by atoms with E-state index in [1.807, 2.05) is 30.1 Å². The number of phenols is 1. The summed E-state index contributed by atoms with van der Waals surface area (Å²) in [5, 5.41) is 19.4. The Bertz CT molecular complexity index is 541. The molecule has 4 nitrogen and oxygen atoms in total. The molecule has 0 aliphatic carbocycles. The summed E-state index contributed by atoms with van der Waals surface area (Å²) in [6.07, 6.45) is 2.86. The molecule has 1 atom stereocenters. The number of rotatable bonds is 4. The second kappa shape index (κ2) is 5.71. The summed E-state index contributed by atoms with van der Waals surface area (Å²) < 4.78 is 0. The van der Waals surface area contributed by atoms with Crippen LogP contribution in [0.1, 0.15) is 24.2 Å². The Morgan fingerprint density at radius 3 is 2.47 bits per heavy atom. The Kier molecular flexibility index (Phi) is 4.02. The van der Waals surface area contributed by atoms with E-state index in [0.29, 0.717) is 5.56 Å². The van der Waals surface area contributed by atoms with Crippen LogP contribution in [0.25, 0.3) is 0 Å². The minimum atomic E-state index is -0.667. The van der Waals surface area contributed by atoms with Gasteiger partial charge in [0.2, 0.25) is 0 Å². The van der Waals surface area contributed by atoms with Crippen LogP contribution in [-0.2, 0) is 6.54 Å². The molecule has 0 fully saturated rings. The number of pyridine rings is 1. The van der Waals surface area contributed by atoms with Gasteiger partial charge in [-0.1, -0.05) is 6.07 Å². The fourth-order valence-electron chi connectivity index (χ4n) is 1.98. The van der Waals surface area contributed by atoms with Gasteiger partial charge in [-0.3, -0.25) is 4.98 Å². The van der Waals surface area contributed by atoms with Gasteiger partial charge in [0.15, 0.2) is 0 Å². The van der Waals surface area contributed by atoms with Crippen LogP contribution in [0.4, 0.5) is 5.69 Å². The average molecular weight is 258 g/mol. The predicted molar refractivity (Wildman–Crippen MR) is 75.1 cm³/mol. The number of aliphatic hydroxyl groups is 1. The van der Waals surface area contributed by atoms with Crippen LogP contribution in [0.2, 0.25) is 0 Å². The molecule has 19 heavy (non-hydrogen) atoms. The summed E-state index contributed by atoms with van der Waals surface area (Å²) >= 11 is 0. The topological polar surface area (TPSA) is 56.6 Å². The smallest absolute Gasteiger partial charge is 0.123 e. The average Bonchev–Trinajstić information content (AvgIpc) is 2.39. The van der Waals surface area contributed by atoms with Crippen molar-refractivity contribution in [3.63, 3.8) is 0 Å². The van der Waals surface area contributed by atoms with Crippen LogP contribution in [0.15, 0.2) is 42.7 Å². The highest BCUT2D eigenvalue weighted by atomic mass is 16.3. The number of hydrogen-bond acceptors (Lipinski definition) is 4. The summed E-state index contributed by atoms with van der Waals surface area (Å²) in [6.45, 7) is 2.37. The number of hydrogen-bond donors (Lipinski definition) is 2. The Labute approximate surface area is 113 Å². The first-order valence-corrected chi connectivity index (χ1v) is 6.19. The van der Waals surface area contributed by atoms with Crippen molar-refractivity contribution in [3.8, 4) is 5.75 Å². The van der Waals surface area contributed by atoms with Gasteiger partial charge in [-0.05, 0) is 30.7 Å². The molecular formula is C15H18N2O2. The Morgan fingerprint density at radius 2 is 1.89 bits per heavy atom. The van der Waals surface area contributed by atoms with Gasteiger partial charge < -0.3 is 15.1 Å². The molecule has 1 aromatic carbocycles. The van der Waals surface area contributed by atoms with Gasteiger partial charge >= 0.3 is 0 Å². The third kappa shape index (κ3) is 3.23. The molecule has 2 aromatic rings. The van der Waals surface area contributed by atoms with Crippen LogP contribution in [0.5, 0.6) is 5.75 Å². The molecule has 2 rings (SSSR count). The standard InChI is InChI=1S/C15H18N2O2/c1-11(18)14-4-3-13(9-15(14)19)17(2)10-12-5-7-16-8-6-12/h3-9,11,18-19H,10H2,1-2H3. The number of nitrogens with zero attached hydrogens (tertiary/aromatic N) is 2. The number of phenolic OH excluding ortho intramolecular Hbond substituents is 1. The number of aromatic nitrogens is 1. The lowest BCUT2D eigenvalue weighted by Gasteiger charge is -2.20. The van der Waals surface area contributed by atoms with Gasteiger partial charge in [0.25, 0.3) is 0 Å². The van der Waals surface area contributed by atoms with Gasteiger partial charge in [0, 0.05) is 43.3 Å². The highest BCUT2D eigenvalue weighted by molar-refractivity contribution is 5.53. The number of aromatic hydroxyl groups is 1. The molecule has 0 radical (unpaired) electrons. The third-order valence-electron chi connectivity index (χ3n) is 3.07. The molecule has 2 N–H and O–H groups in total. The van der Waals surface area contributed by atoms with Crippen LogP contribution in [-0.4, -0.2) is 22.2 Å². The van der Waals surface area contributed by atoms with Gasteiger partial charge in [-0.25, -0.2) is 0 Å². The molecule has 0 aliphatic rings. The summed E-state index contributed by atoms with van der Waals surface area (Å²) in [6, 6.07) is 9.23. The summed E-state index contributed by atoms with van der Waals surface area (Å²) in [5.41, 5.74) is 2.59. The van der Waals surface area contributed by atoms with Crippen molar-refractivity contribution >= 4 is 5.69 Å². The van der Waals surface area contributed by atoms with Gasteiger partial charge in [0.05, 0.1) is 6.10 Å². The fraction of sp³-hybridized carbons (Fsp3) is 0.267. The zero-order valence-electron chi connectivity index (χ0n) is 11.1. The van der Waals surface area contributed by atoms with Crippen molar-refractivity contribution in [2.75, 3.05) is 11.9 Å². The highest BCUT2D eigenvalue weighted by Gasteiger charge is 2.10. The van der Waals surface area contributed by atoms with E-state index in [1.54, 1.807) is 31.5 Å². The summed E-state index contributed by atoms with van der Waals surface area (Å²) in [7, 11) is 1.96. The first kappa shape index (κ1) is 13.4. The van der Waals surface area contributed by atoms with Crippen molar-refractivity contribution in [3.05, 3.63) is 53.9 Å². The number of benzene rings is 1. The maximum absolute atomic E-state index is 9.88. The van der Waals surface area contributed by atoms with E-state index >= 15 is 0 Å². The first-order chi connectivity index (χ1) is 9.08. The van der Waals surface area contributed by atoms with E-state index in [0.717, 1.165) is 17.8 Å². The largest absolute Gasteiger partial charge is 0.507 e. The van der Waals surface area contributed by atoms with E-state index in [-0.39, 0.29) is 5.75 Å². The van der Waals surface area contributed by atoms with Crippen LogP contribution < -0.4 is 4.90 Å². The SMILES string of the molecule is CC(O)c1ccc(N(C)Cc2ccncc2)cc1O. The minimum Gasteiger partial charge on any atom is -0.507 e. The van der Waals surface area contributed by atoms with Gasteiger partial charge in [0.1, 0.15) is 5.75 Å². The monoisotopic (exact) mass is 258 g/mol. The van der Waals surface area contributed by atoms with Crippen molar-refractivity contribution < 1.29 is 10.2 Å². The fourth-order valence-corrected chi connectivity index (χ4v) is 1.98. The quantitative estimate of drug-likeness (QED) is 0.884. The maximum atomic E-state index is 9.88. The molecule has 1 unspecified atom stereocenters. The van der Waals surface area contributed by atoms with E-state index < -0.39 is 6.10 Å².